The van der Waals surface area contributed by atoms with Crippen molar-refractivity contribution in [1.82, 2.24) is 4.90 Å². The van der Waals surface area contributed by atoms with E-state index in [0.29, 0.717) is 25.5 Å². The average molecular weight is 247 g/mol. The van der Waals surface area contributed by atoms with Crippen LogP contribution in [0.5, 0.6) is 11.5 Å². The Morgan fingerprint density at radius 2 is 1.89 bits per heavy atom. The normalized spacial score (nSPS) is 18.3. The van der Waals surface area contributed by atoms with Crippen molar-refractivity contribution in [1.29, 1.82) is 0 Å². The van der Waals surface area contributed by atoms with Crippen LogP contribution in [0.2, 0.25) is 0 Å². The van der Waals surface area contributed by atoms with E-state index in [9.17, 15) is 9.59 Å². The number of hydrogen-bond donors (Lipinski definition) is 0. The van der Waals surface area contributed by atoms with Crippen molar-refractivity contribution in [3.8, 4) is 11.5 Å². The summed E-state index contributed by atoms with van der Waals surface area (Å²) in [4.78, 5) is 24.3. The van der Waals surface area contributed by atoms with E-state index in [1.54, 1.807) is 4.90 Å². The Balaban J connectivity index is 1.77. The van der Waals surface area contributed by atoms with Crippen LogP contribution in [0.3, 0.4) is 0 Å². The van der Waals surface area contributed by atoms with Gasteiger partial charge in [0.1, 0.15) is 13.2 Å². The van der Waals surface area contributed by atoms with E-state index in [4.69, 9.17) is 9.47 Å². The molecule has 5 nitrogen and oxygen atoms in total. The van der Waals surface area contributed by atoms with Gasteiger partial charge in [-0.1, -0.05) is 6.07 Å². The van der Waals surface area contributed by atoms with Gasteiger partial charge in [0, 0.05) is 6.54 Å². The standard InChI is InChI=1S/C13H13NO4/c15-10-6-13(16)14(8-10)7-9-1-2-11-12(5-9)18-4-3-17-11/h1-2,5H,3-4,6-8H2. The number of ketones is 1. The zero-order valence-electron chi connectivity index (χ0n) is 9.85. The second kappa shape index (κ2) is 4.33. The van der Waals surface area contributed by atoms with E-state index in [0.717, 1.165) is 11.3 Å². The summed E-state index contributed by atoms with van der Waals surface area (Å²) in [6.45, 7) is 1.76. The molecule has 0 bridgehead atoms. The number of carbonyl (C=O) groups is 2. The van der Waals surface area contributed by atoms with Crippen LogP contribution >= 0.6 is 0 Å². The highest BCUT2D eigenvalue weighted by atomic mass is 16.6. The van der Waals surface area contributed by atoms with Crippen LogP contribution in [-0.4, -0.2) is 36.3 Å². The van der Waals surface area contributed by atoms with E-state index in [1.807, 2.05) is 18.2 Å². The van der Waals surface area contributed by atoms with Crippen molar-refractivity contribution in [3.63, 3.8) is 0 Å². The number of benzene rings is 1. The molecule has 0 N–H and O–H groups in total. The molecule has 2 aliphatic heterocycles. The van der Waals surface area contributed by atoms with E-state index < -0.39 is 0 Å². The lowest BCUT2D eigenvalue weighted by Gasteiger charge is -2.20. The first kappa shape index (κ1) is 11.1. The Morgan fingerprint density at radius 1 is 1.11 bits per heavy atom. The molecule has 0 radical (unpaired) electrons. The number of fused-ring (bicyclic) bond motifs is 1. The zero-order valence-corrected chi connectivity index (χ0v) is 9.85. The van der Waals surface area contributed by atoms with Crippen molar-refractivity contribution >= 4 is 11.7 Å². The molecule has 1 aromatic rings. The van der Waals surface area contributed by atoms with Gasteiger partial charge in [0.05, 0.1) is 13.0 Å². The topological polar surface area (TPSA) is 55.8 Å². The van der Waals surface area contributed by atoms with E-state index in [-0.39, 0.29) is 24.7 Å². The molecule has 2 aliphatic rings. The molecule has 3 rings (SSSR count). The molecule has 0 saturated carbocycles. The third kappa shape index (κ3) is 2.03. The van der Waals surface area contributed by atoms with Crippen LogP contribution < -0.4 is 9.47 Å². The lowest BCUT2D eigenvalue weighted by Crippen LogP contribution is -2.24. The lowest BCUT2D eigenvalue weighted by atomic mass is 10.2. The van der Waals surface area contributed by atoms with E-state index >= 15 is 0 Å². The summed E-state index contributed by atoms with van der Waals surface area (Å²) in [6, 6.07) is 5.60. The highest BCUT2D eigenvalue weighted by molar-refractivity contribution is 6.05. The first-order valence-electron chi connectivity index (χ1n) is 5.90. The Labute approximate surface area is 104 Å². The van der Waals surface area contributed by atoms with Crippen molar-refractivity contribution in [3.05, 3.63) is 23.8 Å². The summed E-state index contributed by atoms with van der Waals surface area (Å²) in [5.41, 5.74) is 0.947. The van der Waals surface area contributed by atoms with Crippen molar-refractivity contribution in [2.24, 2.45) is 0 Å². The molecule has 5 heteroatoms. The number of Topliss-reactive ketones (excluding diaryl/α,β-unsaturated/α-hetero) is 1. The van der Waals surface area contributed by atoms with Gasteiger partial charge in [-0.2, -0.15) is 0 Å². The van der Waals surface area contributed by atoms with E-state index in [1.165, 1.54) is 0 Å². The van der Waals surface area contributed by atoms with Gasteiger partial charge in [-0.3, -0.25) is 9.59 Å². The van der Waals surface area contributed by atoms with Gasteiger partial charge in [-0.25, -0.2) is 0 Å². The maximum Gasteiger partial charge on any atom is 0.230 e. The van der Waals surface area contributed by atoms with Crippen LogP contribution in [-0.2, 0) is 16.1 Å². The number of hydrogen-bond acceptors (Lipinski definition) is 4. The fourth-order valence-electron chi connectivity index (χ4n) is 2.19. The second-order valence-corrected chi connectivity index (χ2v) is 4.44. The van der Waals surface area contributed by atoms with Crippen LogP contribution in [0.4, 0.5) is 0 Å². The SMILES string of the molecule is O=C1CC(=O)N(Cc2ccc3c(c2)OCCO3)C1. The van der Waals surface area contributed by atoms with Crippen LogP contribution in [0, 0.1) is 0 Å². The Kier molecular flexibility index (Phi) is 2.66. The highest BCUT2D eigenvalue weighted by Gasteiger charge is 2.27. The summed E-state index contributed by atoms with van der Waals surface area (Å²) in [7, 11) is 0. The molecular formula is C13H13NO4. The third-order valence-corrected chi connectivity index (χ3v) is 3.05. The van der Waals surface area contributed by atoms with Gasteiger partial charge in [-0.15, -0.1) is 0 Å². The van der Waals surface area contributed by atoms with Gasteiger partial charge in [0.2, 0.25) is 5.91 Å². The van der Waals surface area contributed by atoms with Gasteiger partial charge in [0.15, 0.2) is 17.3 Å². The summed E-state index contributed by atoms with van der Waals surface area (Å²) >= 11 is 0. The first-order chi connectivity index (χ1) is 8.72. The van der Waals surface area contributed by atoms with Gasteiger partial charge >= 0.3 is 0 Å². The predicted molar refractivity (Wildman–Crippen MR) is 62.5 cm³/mol. The molecule has 18 heavy (non-hydrogen) atoms. The summed E-state index contributed by atoms with van der Waals surface area (Å²) in [5.74, 6) is 1.32. The lowest BCUT2D eigenvalue weighted by molar-refractivity contribution is -0.128. The smallest absolute Gasteiger partial charge is 0.230 e. The zero-order chi connectivity index (χ0) is 12.5. The minimum Gasteiger partial charge on any atom is -0.486 e. The average Bonchev–Trinajstić information content (AvgIpc) is 2.68. The molecule has 2 heterocycles. The molecule has 0 spiro atoms. The first-order valence-corrected chi connectivity index (χ1v) is 5.90. The van der Waals surface area contributed by atoms with Crippen LogP contribution in [0.15, 0.2) is 18.2 Å². The maximum absolute atomic E-state index is 11.5. The summed E-state index contributed by atoms with van der Waals surface area (Å²) in [5, 5.41) is 0. The van der Waals surface area contributed by atoms with E-state index in [2.05, 4.69) is 0 Å². The predicted octanol–water partition coefficient (Wildman–Crippen LogP) is 0.759. The molecule has 1 fully saturated rings. The minimum atomic E-state index is -0.102. The third-order valence-electron chi connectivity index (χ3n) is 3.05. The Morgan fingerprint density at radius 3 is 2.61 bits per heavy atom. The largest absolute Gasteiger partial charge is 0.486 e. The molecule has 0 atom stereocenters. The maximum atomic E-state index is 11.5. The minimum absolute atomic E-state index is 0.0162. The number of likely N-dealkylation sites (tertiary alicyclic amines) is 1. The van der Waals surface area contributed by atoms with Gasteiger partial charge in [0.25, 0.3) is 0 Å². The number of amides is 1. The molecule has 0 aromatic heterocycles. The van der Waals surface area contributed by atoms with Gasteiger partial charge < -0.3 is 14.4 Å². The molecule has 94 valence electrons. The molecule has 1 amide bonds. The molecule has 0 unspecified atom stereocenters. The highest BCUT2D eigenvalue weighted by Crippen LogP contribution is 2.31. The van der Waals surface area contributed by atoms with Crippen molar-refractivity contribution in [2.45, 2.75) is 13.0 Å². The second-order valence-electron chi connectivity index (χ2n) is 4.44. The molecular weight excluding hydrogens is 234 g/mol. The number of carbonyl (C=O) groups excluding carboxylic acids is 2. The Bertz CT molecular complexity index is 512. The summed E-state index contributed by atoms with van der Waals surface area (Å²) < 4.78 is 10.9. The fourth-order valence-corrected chi connectivity index (χ4v) is 2.19. The monoisotopic (exact) mass is 247 g/mol. The fraction of sp³-hybridized carbons (Fsp3) is 0.385. The quantitative estimate of drug-likeness (QED) is 0.724. The Hall–Kier alpha value is -2.04. The van der Waals surface area contributed by atoms with Crippen LogP contribution in [0.25, 0.3) is 0 Å². The summed E-state index contributed by atoms with van der Waals surface area (Å²) in [6.07, 6.45) is 0.0323. The molecule has 0 aliphatic carbocycles. The van der Waals surface area contributed by atoms with Crippen molar-refractivity contribution < 1.29 is 19.1 Å². The number of ether oxygens (including phenoxy) is 2. The molecule has 1 aromatic carbocycles. The number of nitrogens with zero attached hydrogens (tertiary/aromatic N) is 1. The molecule has 1 saturated heterocycles. The van der Waals surface area contributed by atoms with Crippen molar-refractivity contribution in [2.75, 3.05) is 19.8 Å². The van der Waals surface area contributed by atoms with Gasteiger partial charge in [-0.05, 0) is 17.7 Å². The number of rotatable bonds is 2. The van der Waals surface area contributed by atoms with Crippen LogP contribution in [0.1, 0.15) is 12.0 Å².